The lowest BCUT2D eigenvalue weighted by Gasteiger charge is -2.26. The summed E-state index contributed by atoms with van der Waals surface area (Å²) in [4.78, 5) is 0. The van der Waals surface area contributed by atoms with Crippen LogP contribution in [0.1, 0.15) is 22.8 Å². The fraction of sp³-hybridized carbons (Fsp3) is 0.368. The van der Waals surface area contributed by atoms with Crippen LogP contribution < -0.4 is 24.0 Å². The average molecular weight is 465 g/mol. The van der Waals surface area contributed by atoms with E-state index in [0.29, 0.717) is 12.2 Å². The van der Waals surface area contributed by atoms with Gasteiger partial charge in [0.15, 0.2) is 0 Å². The molecule has 0 amide bonds. The summed E-state index contributed by atoms with van der Waals surface area (Å²) >= 11 is 0. The van der Waals surface area contributed by atoms with E-state index < -0.39 is 17.8 Å². The highest BCUT2D eigenvalue weighted by Gasteiger charge is 2.31. The van der Waals surface area contributed by atoms with Crippen LogP contribution in [0.5, 0.6) is 0 Å². The Kier molecular flexibility index (Phi) is 7.89. The average Bonchev–Trinajstić information content (AvgIpc) is 2.51. The Morgan fingerprint density at radius 1 is 0.920 bits per heavy atom. The van der Waals surface area contributed by atoms with Crippen LogP contribution in [0.2, 0.25) is 0 Å². The van der Waals surface area contributed by atoms with Crippen LogP contribution >= 0.6 is 0 Å². The van der Waals surface area contributed by atoms with E-state index in [4.69, 9.17) is 4.74 Å². The number of rotatable bonds is 6. The van der Waals surface area contributed by atoms with E-state index in [1.807, 2.05) is 51.5 Å². The zero-order valence-corrected chi connectivity index (χ0v) is 16.7. The lowest BCUT2D eigenvalue weighted by atomic mass is 9.99. The van der Waals surface area contributed by atoms with Crippen LogP contribution in [0.15, 0.2) is 54.6 Å². The molecule has 0 aliphatic carbocycles. The van der Waals surface area contributed by atoms with Gasteiger partial charge in [-0.3, -0.25) is 0 Å². The van der Waals surface area contributed by atoms with Gasteiger partial charge >= 0.3 is 6.18 Å². The van der Waals surface area contributed by atoms with Gasteiger partial charge in [0.2, 0.25) is 0 Å². The van der Waals surface area contributed by atoms with Crippen LogP contribution in [0.25, 0.3) is 0 Å². The van der Waals surface area contributed by atoms with Crippen molar-refractivity contribution in [3.63, 3.8) is 0 Å². The number of ether oxygens (including phenoxy) is 1. The summed E-state index contributed by atoms with van der Waals surface area (Å²) in [6.07, 6.45) is -4.88. The summed E-state index contributed by atoms with van der Waals surface area (Å²) in [6.45, 7) is 1.22. The molecule has 1 atom stereocenters. The molecule has 0 N–H and O–H groups in total. The van der Waals surface area contributed by atoms with E-state index in [0.717, 1.165) is 22.7 Å². The van der Waals surface area contributed by atoms with Crippen molar-refractivity contribution in [2.75, 3.05) is 34.3 Å². The molecule has 138 valence electrons. The Morgan fingerprint density at radius 3 is 2.08 bits per heavy atom. The molecule has 2 aromatic carbocycles. The third-order valence-corrected chi connectivity index (χ3v) is 3.67. The molecule has 2 rings (SSSR count). The van der Waals surface area contributed by atoms with Gasteiger partial charge in [-0.2, -0.15) is 13.2 Å². The molecule has 1 unspecified atom stereocenters. The summed E-state index contributed by atoms with van der Waals surface area (Å²) in [7, 11) is 6.14. The molecule has 0 bridgehead atoms. The number of quaternary nitrogens is 1. The second kappa shape index (κ2) is 9.00. The van der Waals surface area contributed by atoms with Gasteiger partial charge in [0.05, 0.1) is 33.3 Å². The van der Waals surface area contributed by atoms with Gasteiger partial charge in [0.1, 0.15) is 12.6 Å². The minimum atomic E-state index is -4.36. The molecule has 0 aliphatic heterocycles. The Balaban J connectivity index is 0.00000312. The van der Waals surface area contributed by atoms with Crippen molar-refractivity contribution in [3.8, 4) is 0 Å². The van der Waals surface area contributed by atoms with Crippen LogP contribution in [0.4, 0.5) is 13.2 Å². The number of likely N-dealkylation sites (N-methyl/N-ethyl adjacent to an activating group) is 1. The first-order valence-electron chi connectivity index (χ1n) is 7.81. The maximum atomic E-state index is 13.0. The second-order valence-electron chi connectivity index (χ2n) is 6.80. The SMILES string of the molecule is C[N+](C)(C)CCOC(c1ccccc1)c1cccc(C(F)(F)F)c1.[I-]. The third-order valence-electron chi connectivity index (χ3n) is 3.67. The smallest absolute Gasteiger partial charge is 0.416 e. The van der Waals surface area contributed by atoms with Gasteiger partial charge in [-0.25, -0.2) is 0 Å². The van der Waals surface area contributed by atoms with E-state index in [1.165, 1.54) is 12.1 Å². The topological polar surface area (TPSA) is 9.23 Å². The van der Waals surface area contributed by atoms with Gasteiger partial charge in [0.25, 0.3) is 0 Å². The van der Waals surface area contributed by atoms with Crippen LogP contribution in [0.3, 0.4) is 0 Å². The lowest BCUT2D eigenvalue weighted by Crippen LogP contribution is -3.00. The summed E-state index contributed by atoms with van der Waals surface area (Å²) in [5, 5.41) is 0. The Bertz CT molecular complexity index is 654. The first-order chi connectivity index (χ1) is 11.2. The highest BCUT2D eigenvalue weighted by atomic mass is 127. The van der Waals surface area contributed by atoms with E-state index in [1.54, 1.807) is 6.07 Å². The number of alkyl halides is 3. The largest absolute Gasteiger partial charge is 1.00 e. The van der Waals surface area contributed by atoms with Crippen molar-refractivity contribution >= 4 is 0 Å². The van der Waals surface area contributed by atoms with Crippen molar-refractivity contribution in [2.45, 2.75) is 12.3 Å². The molecule has 2 nitrogen and oxygen atoms in total. The summed E-state index contributed by atoms with van der Waals surface area (Å²) in [5.41, 5.74) is 0.701. The van der Waals surface area contributed by atoms with Gasteiger partial charge < -0.3 is 33.2 Å². The Morgan fingerprint density at radius 2 is 1.52 bits per heavy atom. The fourth-order valence-electron chi connectivity index (χ4n) is 2.34. The zero-order chi connectivity index (χ0) is 17.8. The molecule has 0 aliphatic rings. The predicted octanol–water partition coefficient (Wildman–Crippen LogP) is 1.52. The maximum Gasteiger partial charge on any atom is 0.416 e. The molecule has 0 heterocycles. The summed E-state index contributed by atoms with van der Waals surface area (Å²) < 4.78 is 45.7. The number of hydrogen-bond acceptors (Lipinski definition) is 1. The fourth-order valence-corrected chi connectivity index (χ4v) is 2.34. The van der Waals surface area contributed by atoms with Crippen molar-refractivity contribution in [2.24, 2.45) is 0 Å². The number of hydrogen-bond donors (Lipinski definition) is 0. The molecule has 6 heteroatoms. The molecular weight excluding hydrogens is 442 g/mol. The number of benzene rings is 2. The second-order valence-corrected chi connectivity index (χ2v) is 6.80. The van der Waals surface area contributed by atoms with Gasteiger partial charge in [0, 0.05) is 0 Å². The highest BCUT2D eigenvalue weighted by molar-refractivity contribution is 5.34. The Labute approximate surface area is 164 Å². The zero-order valence-electron chi connectivity index (χ0n) is 14.6. The van der Waals surface area contributed by atoms with Crippen molar-refractivity contribution in [3.05, 3.63) is 71.3 Å². The van der Waals surface area contributed by atoms with Crippen LogP contribution in [-0.4, -0.2) is 38.8 Å². The van der Waals surface area contributed by atoms with Crippen molar-refractivity contribution in [1.29, 1.82) is 0 Å². The summed E-state index contributed by atoms with van der Waals surface area (Å²) in [6, 6.07) is 14.7. The van der Waals surface area contributed by atoms with Crippen molar-refractivity contribution in [1.82, 2.24) is 0 Å². The van der Waals surface area contributed by atoms with Crippen molar-refractivity contribution < 1.29 is 46.4 Å². The predicted molar refractivity (Wildman–Crippen MR) is 88.6 cm³/mol. The standard InChI is InChI=1S/C19H23F3NO.HI/c1-23(2,3)12-13-24-18(15-8-5-4-6-9-15)16-10-7-11-17(14-16)19(20,21)22;/h4-11,14,18H,12-13H2,1-3H3;1H/q+1;/p-1. The minimum Gasteiger partial charge on any atom is -1.00 e. The molecule has 0 fully saturated rings. The van der Waals surface area contributed by atoms with Gasteiger partial charge in [-0.15, -0.1) is 0 Å². The molecule has 0 radical (unpaired) electrons. The number of halogens is 4. The first-order valence-corrected chi connectivity index (χ1v) is 7.81. The minimum absolute atomic E-state index is 0. The van der Waals surface area contributed by atoms with E-state index in [-0.39, 0.29) is 24.0 Å². The highest BCUT2D eigenvalue weighted by Crippen LogP contribution is 2.33. The van der Waals surface area contributed by atoms with Gasteiger partial charge in [-0.1, -0.05) is 42.5 Å². The molecule has 0 spiro atoms. The first kappa shape index (κ1) is 21.9. The lowest BCUT2D eigenvalue weighted by molar-refractivity contribution is -0.870. The third kappa shape index (κ3) is 6.95. The molecular formula is C19H23F3INO. The van der Waals surface area contributed by atoms with E-state index in [2.05, 4.69) is 0 Å². The molecule has 0 saturated heterocycles. The Hall–Kier alpha value is -1.12. The molecule has 25 heavy (non-hydrogen) atoms. The van der Waals surface area contributed by atoms with Crippen LogP contribution in [0, 0.1) is 0 Å². The molecule has 0 saturated carbocycles. The van der Waals surface area contributed by atoms with E-state index >= 15 is 0 Å². The molecule has 2 aromatic rings. The van der Waals surface area contributed by atoms with Crippen LogP contribution in [-0.2, 0) is 10.9 Å². The summed E-state index contributed by atoms with van der Waals surface area (Å²) in [5.74, 6) is 0. The van der Waals surface area contributed by atoms with Gasteiger partial charge in [-0.05, 0) is 23.3 Å². The molecule has 0 aromatic heterocycles. The monoisotopic (exact) mass is 465 g/mol. The normalized spacial score (nSPS) is 13.2. The quantitative estimate of drug-likeness (QED) is 0.465. The maximum absolute atomic E-state index is 13.0. The van der Waals surface area contributed by atoms with E-state index in [9.17, 15) is 13.2 Å². The number of nitrogens with zero attached hydrogens (tertiary/aromatic N) is 1.